The fraction of sp³-hybridized carbons (Fsp3) is 0.222. The average molecular weight is 303 g/mol. The molecule has 1 aliphatic rings. The first-order valence-electron chi connectivity index (χ1n) is 6.68. The van der Waals surface area contributed by atoms with E-state index in [9.17, 15) is 0 Å². The second-order valence-electron chi connectivity index (χ2n) is 5.61. The van der Waals surface area contributed by atoms with Crippen LogP contribution in [0.2, 0.25) is 10.0 Å². The fourth-order valence-corrected chi connectivity index (χ4v) is 3.68. The fourth-order valence-electron chi connectivity index (χ4n) is 3.20. The topological polar surface area (TPSA) is 0 Å². The van der Waals surface area contributed by atoms with Crippen molar-refractivity contribution in [2.24, 2.45) is 0 Å². The number of halogens is 2. The van der Waals surface area contributed by atoms with Gasteiger partial charge < -0.3 is 0 Å². The Kier molecular flexibility index (Phi) is 3.19. The van der Waals surface area contributed by atoms with Crippen molar-refractivity contribution in [3.05, 3.63) is 80.8 Å². The second-order valence-corrected chi connectivity index (χ2v) is 6.43. The third kappa shape index (κ3) is 1.75. The Morgan fingerprint density at radius 2 is 1.45 bits per heavy atom. The van der Waals surface area contributed by atoms with Gasteiger partial charge in [-0.1, -0.05) is 59.6 Å². The highest BCUT2D eigenvalue weighted by atomic mass is 35.5. The average Bonchev–Trinajstić information content (AvgIpc) is 2.41. The van der Waals surface area contributed by atoms with Gasteiger partial charge in [0.15, 0.2) is 0 Å². The smallest absolute Gasteiger partial charge is 0.0444 e. The summed E-state index contributed by atoms with van der Waals surface area (Å²) >= 11 is 12.8. The number of fused-ring (bicyclic) bond motifs is 2. The van der Waals surface area contributed by atoms with Crippen LogP contribution < -0.4 is 0 Å². The van der Waals surface area contributed by atoms with Gasteiger partial charge in [0.1, 0.15) is 0 Å². The van der Waals surface area contributed by atoms with Gasteiger partial charge in [-0.2, -0.15) is 0 Å². The molecule has 0 atom stereocenters. The number of hydrogen-bond donors (Lipinski definition) is 0. The molecule has 20 heavy (non-hydrogen) atoms. The second kappa shape index (κ2) is 4.65. The van der Waals surface area contributed by atoms with Crippen molar-refractivity contribution in [1.29, 1.82) is 0 Å². The van der Waals surface area contributed by atoms with Crippen LogP contribution in [0.3, 0.4) is 0 Å². The molecule has 0 fully saturated rings. The van der Waals surface area contributed by atoms with Crippen LogP contribution in [0.4, 0.5) is 0 Å². The SMILES string of the molecule is C=C(C)C1(C)c2cccc(Cl)c2Cc2c(Cl)cccc21. The Balaban J connectivity index is 2.40. The van der Waals surface area contributed by atoms with Gasteiger partial charge in [0.2, 0.25) is 0 Å². The van der Waals surface area contributed by atoms with Gasteiger partial charge in [-0.15, -0.1) is 0 Å². The zero-order valence-corrected chi connectivity index (χ0v) is 13.1. The van der Waals surface area contributed by atoms with E-state index < -0.39 is 0 Å². The highest BCUT2D eigenvalue weighted by Crippen LogP contribution is 2.48. The lowest BCUT2D eigenvalue weighted by Crippen LogP contribution is -2.31. The maximum Gasteiger partial charge on any atom is 0.0444 e. The van der Waals surface area contributed by atoms with Crippen LogP contribution in [-0.2, 0) is 11.8 Å². The van der Waals surface area contributed by atoms with Crippen molar-refractivity contribution < 1.29 is 0 Å². The molecule has 0 heterocycles. The van der Waals surface area contributed by atoms with Gasteiger partial charge in [-0.05, 0) is 48.2 Å². The van der Waals surface area contributed by atoms with Crippen molar-refractivity contribution in [3.63, 3.8) is 0 Å². The van der Waals surface area contributed by atoms with Gasteiger partial charge >= 0.3 is 0 Å². The number of allylic oxidation sites excluding steroid dienone is 1. The molecule has 0 aromatic heterocycles. The van der Waals surface area contributed by atoms with Crippen LogP contribution in [0.25, 0.3) is 0 Å². The van der Waals surface area contributed by atoms with E-state index in [4.69, 9.17) is 23.2 Å². The zero-order chi connectivity index (χ0) is 14.5. The Hall–Kier alpha value is -1.24. The molecule has 0 aliphatic heterocycles. The monoisotopic (exact) mass is 302 g/mol. The first-order chi connectivity index (χ1) is 9.46. The Bertz CT molecular complexity index is 662. The van der Waals surface area contributed by atoms with E-state index in [0.717, 1.165) is 22.0 Å². The molecule has 0 unspecified atom stereocenters. The zero-order valence-electron chi connectivity index (χ0n) is 11.6. The summed E-state index contributed by atoms with van der Waals surface area (Å²) in [5.41, 5.74) is 5.68. The van der Waals surface area contributed by atoms with Crippen molar-refractivity contribution in [2.45, 2.75) is 25.7 Å². The van der Waals surface area contributed by atoms with Gasteiger partial charge in [-0.25, -0.2) is 0 Å². The van der Waals surface area contributed by atoms with E-state index in [0.29, 0.717) is 0 Å². The predicted molar refractivity (Wildman–Crippen MR) is 87.0 cm³/mol. The molecule has 0 nitrogen and oxygen atoms in total. The first kappa shape index (κ1) is 13.7. The maximum atomic E-state index is 6.42. The van der Waals surface area contributed by atoms with E-state index in [1.807, 2.05) is 24.3 Å². The summed E-state index contributed by atoms with van der Waals surface area (Å²) in [6.45, 7) is 8.50. The molecule has 2 aromatic rings. The molecule has 0 radical (unpaired) electrons. The van der Waals surface area contributed by atoms with Crippen LogP contribution >= 0.6 is 23.2 Å². The van der Waals surface area contributed by atoms with Gasteiger partial charge in [0.25, 0.3) is 0 Å². The minimum atomic E-state index is -0.237. The Morgan fingerprint density at radius 3 is 1.85 bits per heavy atom. The molecule has 102 valence electrons. The first-order valence-corrected chi connectivity index (χ1v) is 7.43. The molecule has 0 saturated heterocycles. The van der Waals surface area contributed by atoms with Crippen LogP contribution in [0, 0.1) is 0 Å². The van der Waals surface area contributed by atoms with E-state index in [1.54, 1.807) is 0 Å². The summed E-state index contributed by atoms with van der Waals surface area (Å²) in [5, 5.41) is 1.61. The molecular formula is C18H16Cl2. The molecule has 0 bridgehead atoms. The largest absolute Gasteiger partial charge is 0.0989 e. The highest BCUT2D eigenvalue weighted by molar-refractivity contribution is 6.32. The molecule has 0 saturated carbocycles. The molecular weight excluding hydrogens is 287 g/mol. The van der Waals surface area contributed by atoms with Gasteiger partial charge in [0, 0.05) is 21.9 Å². The van der Waals surface area contributed by atoms with Crippen LogP contribution in [0.5, 0.6) is 0 Å². The minimum Gasteiger partial charge on any atom is -0.0989 e. The standard InChI is InChI=1S/C18H16Cl2/c1-11(2)18(3)14-6-4-8-16(19)12(14)10-13-15(18)7-5-9-17(13)20/h4-9H,1,10H2,2-3H3. The Morgan fingerprint density at radius 1 is 1.00 bits per heavy atom. The lowest BCUT2D eigenvalue weighted by molar-refractivity contribution is 0.643. The van der Waals surface area contributed by atoms with Crippen molar-refractivity contribution in [2.75, 3.05) is 0 Å². The summed E-state index contributed by atoms with van der Waals surface area (Å²) in [5.74, 6) is 0. The van der Waals surface area contributed by atoms with Crippen molar-refractivity contribution >= 4 is 23.2 Å². The van der Waals surface area contributed by atoms with E-state index in [1.165, 1.54) is 22.3 Å². The van der Waals surface area contributed by atoms with E-state index in [2.05, 4.69) is 32.6 Å². The lowest BCUT2D eigenvalue weighted by Gasteiger charge is -2.39. The quantitative estimate of drug-likeness (QED) is 0.586. The maximum absolute atomic E-state index is 6.42. The van der Waals surface area contributed by atoms with Crippen molar-refractivity contribution in [3.8, 4) is 0 Å². The summed E-state index contributed by atoms with van der Waals surface area (Å²) in [6.07, 6.45) is 0.785. The molecule has 0 N–H and O–H groups in total. The summed E-state index contributed by atoms with van der Waals surface area (Å²) in [6, 6.07) is 12.2. The van der Waals surface area contributed by atoms with Crippen LogP contribution in [0.1, 0.15) is 36.1 Å². The molecule has 2 aromatic carbocycles. The van der Waals surface area contributed by atoms with E-state index in [-0.39, 0.29) is 5.41 Å². The van der Waals surface area contributed by atoms with Gasteiger partial charge in [-0.3, -0.25) is 0 Å². The molecule has 1 aliphatic carbocycles. The number of hydrogen-bond acceptors (Lipinski definition) is 0. The summed E-state index contributed by atoms with van der Waals surface area (Å²) in [7, 11) is 0. The van der Waals surface area contributed by atoms with Crippen molar-refractivity contribution in [1.82, 2.24) is 0 Å². The summed E-state index contributed by atoms with van der Waals surface area (Å²) < 4.78 is 0. The molecule has 0 amide bonds. The molecule has 3 rings (SSSR count). The van der Waals surface area contributed by atoms with Gasteiger partial charge in [0.05, 0.1) is 0 Å². The summed E-state index contributed by atoms with van der Waals surface area (Å²) in [4.78, 5) is 0. The normalized spacial score (nSPS) is 15.4. The van der Waals surface area contributed by atoms with E-state index >= 15 is 0 Å². The third-order valence-corrected chi connectivity index (χ3v) is 5.23. The predicted octanol–water partition coefficient (Wildman–Crippen LogP) is 5.78. The van der Waals surface area contributed by atoms with Crippen LogP contribution in [-0.4, -0.2) is 0 Å². The third-order valence-electron chi connectivity index (χ3n) is 4.52. The lowest BCUT2D eigenvalue weighted by atomic mass is 9.64. The van der Waals surface area contributed by atoms with Crippen LogP contribution in [0.15, 0.2) is 48.6 Å². The number of benzene rings is 2. The minimum absolute atomic E-state index is 0.237. The highest BCUT2D eigenvalue weighted by Gasteiger charge is 2.38. The number of rotatable bonds is 1. The Labute approximate surface area is 130 Å². The molecule has 0 spiro atoms. The molecule has 2 heteroatoms.